The molecule has 0 unspecified atom stereocenters. The van der Waals surface area contributed by atoms with Crippen LogP contribution in [0.1, 0.15) is 32.9 Å². The molecule has 5 nitrogen and oxygen atoms in total. The number of ether oxygens (including phenoxy) is 1. The summed E-state index contributed by atoms with van der Waals surface area (Å²) in [6.45, 7) is 5.88. The fourth-order valence-electron chi connectivity index (χ4n) is 2.63. The maximum atomic E-state index is 12.6. The van der Waals surface area contributed by atoms with Crippen LogP contribution in [-0.4, -0.2) is 11.1 Å². The SMILES string of the molecule is Cc1ccc(OCc2c(C(=O)Nc3cccc(Cl)c3Cl)noc2C)c(C)c1. The monoisotopic (exact) mass is 404 g/mol. The highest BCUT2D eigenvalue weighted by Gasteiger charge is 2.21. The average Bonchev–Trinajstić information content (AvgIpc) is 2.99. The number of halogens is 2. The van der Waals surface area contributed by atoms with Gasteiger partial charge in [0.1, 0.15) is 18.1 Å². The Balaban J connectivity index is 1.79. The van der Waals surface area contributed by atoms with Gasteiger partial charge in [-0.15, -0.1) is 0 Å². The molecule has 140 valence electrons. The van der Waals surface area contributed by atoms with E-state index in [9.17, 15) is 4.79 Å². The lowest BCUT2D eigenvalue weighted by Gasteiger charge is -2.11. The summed E-state index contributed by atoms with van der Waals surface area (Å²) in [6.07, 6.45) is 0. The van der Waals surface area contributed by atoms with E-state index in [0.29, 0.717) is 22.0 Å². The van der Waals surface area contributed by atoms with Gasteiger partial charge in [-0.05, 0) is 44.5 Å². The van der Waals surface area contributed by atoms with Crippen molar-refractivity contribution in [1.29, 1.82) is 0 Å². The number of amides is 1. The number of carbonyl (C=O) groups excluding carboxylic acids is 1. The van der Waals surface area contributed by atoms with Crippen molar-refractivity contribution in [2.24, 2.45) is 0 Å². The molecule has 0 fully saturated rings. The number of carbonyl (C=O) groups is 1. The van der Waals surface area contributed by atoms with E-state index in [4.69, 9.17) is 32.5 Å². The topological polar surface area (TPSA) is 64.4 Å². The number of hydrogen-bond acceptors (Lipinski definition) is 4. The normalized spacial score (nSPS) is 10.7. The number of anilines is 1. The first kappa shape index (κ1) is 19.3. The fraction of sp³-hybridized carbons (Fsp3) is 0.200. The lowest BCUT2D eigenvalue weighted by molar-refractivity contribution is 0.101. The van der Waals surface area contributed by atoms with Crippen molar-refractivity contribution in [3.63, 3.8) is 0 Å². The molecule has 0 aliphatic rings. The molecule has 3 rings (SSSR count). The standard InChI is InChI=1S/C20H18Cl2N2O3/c1-11-7-8-17(12(2)9-11)26-10-14-13(3)27-24-19(14)20(25)23-16-6-4-5-15(21)18(16)22/h4-9H,10H2,1-3H3,(H,23,25). The van der Waals surface area contributed by atoms with Gasteiger partial charge in [0, 0.05) is 0 Å². The third-order valence-corrected chi connectivity index (χ3v) is 4.92. The third kappa shape index (κ3) is 4.26. The summed E-state index contributed by atoms with van der Waals surface area (Å²) in [5.41, 5.74) is 3.29. The van der Waals surface area contributed by atoms with Crippen molar-refractivity contribution in [3.8, 4) is 5.75 Å². The Kier molecular flexibility index (Phi) is 5.73. The third-order valence-electron chi connectivity index (χ3n) is 4.10. The van der Waals surface area contributed by atoms with E-state index in [-0.39, 0.29) is 17.3 Å². The van der Waals surface area contributed by atoms with E-state index in [1.165, 1.54) is 0 Å². The van der Waals surface area contributed by atoms with Crippen molar-refractivity contribution in [2.45, 2.75) is 27.4 Å². The van der Waals surface area contributed by atoms with E-state index >= 15 is 0 Å². The highest BCUT2D eigenvalue weighted by molar-refractivity contribution is 6.44. The first-order valence-corrected chi connectivity index (χ1v) is 9.03. The second-order valence-corrected chi connectivity index (χ2v) is 6.96. The van der Waals surface area contributed by atoms with Crippen LogP contribution in [0.25, 0.3) is 0 Å². The van der Waals surface area contributed by atoms with Gasteiger partial charge in [-0.25, -0.2) is 0 Å². The number of nitrogens with zero attached hydrogens (tertiary/aromatic N) is 1. The van der Waals surface area contributed by atoms with Crippen LogP contribution in [0, 0.1) is 20.8 Å². The Bertz CT molecular complexity index is 999. The first-order chi connectivity index (χ1) is 12.9. The minimum absolute atomic E-state index is 0.147. The van der Waals surface area contributed by atoms with E-state index in [1.807, 2.05) is 32.0 Å². The number of aromatic nitrogens is 1. The van der Waals surface area contributed by atoms with E-state index in [0.717, 1.165) is 16.9 Å². The smallest absolute Gasteiger partial charge is 0.278 e. The zero-order chi connectivity index (χ0) is 19.6. The quantitative estimate of drug-likeness (QED) is 0.588. The maximum absolute atomic E-state index is 12.6. The molecule has 1 aromatic heterocycles. The lowest BCUT2D eigenvalue weighted by Crippen LogP contribution is -2.15. The summed E-state index contributed by atoms with van der Waals surface area (Å²) in [6, 6.07) is 10.9. The van der Waals surface area contributed by atoms with Crippen molar-refractivity contribution >= 4 is 34.8 Å². The second kappa shape index (κ2) is 8.03. The second-order valence-electron chi connectivity index (χ2n) is 6.18. The molecule has 3 aromatic rings. The Morgan fingerprint density at radius 1 is 1.19 bits per heavy atom. The summed E-state index contributed by atoms with van der Waals surface area (Å²) >= 11 is 12.1. The molecular weight excluding hydrogens is 387 g/mol. The van der Waals surface area contributed by atoms with Crippen molar-refractivity contribution in [1.82, 2.24) is 5.16 Å². The molecular formula is C20H18Cl2N2O3. The first-order valence-electron chi connectivity index (χ1n) is 8.27. The number of hydrogen-bond donors (Lipinski definition) is 1. The molecule has 0 bridgehead atoms. The Labute approximate surface area is 167 Å². The van der Waals surface area contributed by atoms with Crippen LogP contribution in [0.5, 0.6) is 5.75 Å². The Morgan fingerprint density at radius 3 is 2.70 bits per heavy atom. The predicted octanol–water partition coefficient (Wildman–Crippen LogP) is 5.74. The maximum Gasteiger partial charge on any atom is 0.278 e. The van der Waals surface area contributed by atoms with Crippen LogP contribution in [0.15, 0.2) is 40.9 Å². The van der Waals surface area contributed by atoms with Gasteiger partial charge in [0.15, 0.2) is 5.69 Å². The van der Waals surface area contributed by atoms with Crippen LogP contribution >= 0.6 is 23.2 Å². The summed E-state index contributed by atoms with van der Waals surface area (Å²) in [4.78, 5) is 12.6. The molecule has 27 heavy (non-hydrogen) atoms. The van der Waals surface area contributed by atoms with E-state index < -0.39 is 5.91 Å². The number of nitrogens with one attached hydrogen (secondary N) is 1. The van der Waals surface area contributed by atoms with Crippen LogP contribution in [-0.2, 0) is 6.61 Å². The zero-order valence-corrected chi connectivity index (χ0v) is 16.6. The minimum Gasteiger partial charge on any atom is -0.488 e. The van der Waals surface area contributed by atoms with Crippen molar-refractivity contribution < 1.29 is 14.1 Å². The molecule has 0 aliphatic carbocycles. The van der Waals surface area contributed by atoms with Gasteiger partial charge < -0.3 is 14.6 Å². The molecule has 0 saturated heterocycles. The molecule has 7 heteroatoms. The van der Waals surface area contributed by atoms with E-state index in [1.54, 1.807) is 25.1 Å². The summed E-state index contributed by atoms with van der Waals surface area (Å²) in [5.74, 6) is 0.808. The summed E-state index contributed by atoms with van der Waals surface area (Å²) in [5, 5.41) is 7.19. The molecule has 1 heterocycles. The molecule has 0 aliphatic heterocycles. The van der Waals surface area contributed by atoms with Gasteiger partial charge in [0.2, 0.25) is 0 Å². The molecule has 0 saturated carbocycles. The van der Waals surface area contributed by atoms with Crippen LogP contribution in [0.4, 0.5) is 5.69 Å². The highest BCUT2D eigenvalue weighted by Crippen LogP contribution is 2.30. The van der Waals surface area contributed by atoms with Crippen LogP contribution < -0.4 is 10.1 Å². The molecule has 0 atom stereocenters. The molecule has 2 aromatic carbocycles. The van der Waals surface area contributed by atoms with Crippen LogP contribution in [0.2, 0.25) is 10.0 Å². The Hall–Kier alpha value is -2.50. The largest absolute Gasteiger partial charge is 0.488 e. The van der Waals surface area contributed by atoms with Gasteiger partial charge in [0.25, 0.3) is 5.91 Å². The number of benzene rings is 2. The summed E-state index contributed by atoms with van der Waals surface area (Å²) in [7, 11) is 0. The van der Waals surface area contributed by atoms with Gasteiger partial charge in [-0.2, -0.15) is 0 Å². The fourth-order valence-corrected chi connectivity index (χ4v) is 2.98. The molecule has 1 N–H and O–H groups in total. The van der Waals surface area contributed by atoms with Gasteiger partial charge in [-0.1, -0.05) is 52.1 Å². The molecule has 1 amide bonds. The number of rotatable bonds is 5. The van der Waals surface area contributed by atoms with Gasteiger partial charge in [0.05, 0.1) is 21.3 Å². The van der Waals surface area contributed by atoms with Crippen LogP contribution in [0.3, 0.4) is 0 Å². The average molecular weight is 405 g/mol. The van der Waals surface area contributed by atoms with E-state index in [2.05, 4.69) is 10.5 Å². The van der Waals surface area contributed by atoms with Gasteiger partial charge in [-0.3, -0.25) is 4.79 Å². The van der Waals surface area contributed by atoms with Crippen molar-refractivity contribution in [3.05, 3.63) is 74.6 Å². The molecule has 0 spiro atoms. The molecule has 0 radical (unpaired) electrons. The van der Waals surface area contributed by atoms with Gasteiger partial charge >= 0.3 is 0 Å². The highest BCUT2D eigenvalue weighted by atomic mass is 35.5. The van der Waals surface area contributed by atoms with Crippen molar-refractivity contribution in [2.75, 3.05) is 5.32 Å². The predicted molar refractivity (Wildman–Crippen MR) is 106 cm³/mol. The zero-order valence-electron chi connectivity index (χ0n) is 15.1. The Morgan fingerprint density at radius 2 is 1.96 bits per heavy atom. The summed E-state index contributed by atoms with van der Waals surface area (Å²) < 4.78 is 11.1. The minimum atomic E-state index is -0.449. The lowest BCUT2D eigenvalue weighted by atomic mass is 10.1. The number of aryl methyl sites for hydroxylation is 3.